The second kappa shape index (κ2) is 5.34. The van der Waals surface area contributed by atoms with Crippen molar-refractivity contribution in [3.63, 3.8) is 0 Å². The van der Waals surface area contributed by atoms with Crippen molar-refractivity contribution in [2.75, 3.05) is 20.2 Å². The molecule has 0 radical (unpaired) electrons. The number of fused-ring (bicyclic) bond motifs is 1. The van der Waals surface area contributed by atoms with Crippen LogP contribution in [0.15, 0.2) is 23.0 Å². The van der Waals surface area contributed by atoms with Gasteiger partial charge in [-0.3, -0.25) is 4.79 Å². The van der Waals surface area contributed by atoms with Crippen LogP contribution in [0.3, 0.4) is 0 Å². The first-order valence-electron chi connectivity index (χ1n) is 6.88. The minimum absolute atomic E-state index is 0.0393. The average molecular weight is 290 g/mol. The summed E-state index contributed by atoms with van der Waals surface area (Å²) in [5.74, 6) is -0.0760. The molecule has 0 aliphatic carbocycles. The van der Waals surface area contributed by atoms with E-state index < -0.39 is 0 Å². The molecule has 112 valence electrons. The molecule has 1 aliphatic rings. The molecule has 2 atom stereocenters. The zero-order chi connectivity index (χ0) is 15.0. The summed E-state index contributed by atoms with van der Waals surface area (Å²) in [6, 6.07) is 5.09. The van der Waals surface area contributed by atoms with Crippen molar-refractivity contribution in [3.8, 4) is 0 Å². The Morgan fingerprint density at radius 3 is 2.90 bits per heavy atom. The number of aromatic amines is 2. The lowest BCUT2D eigenvalue weighted by molar-refractivity contribution is 0.0162. The van der Waals surface area contributed by atoms with E-state index in [9.17, 15) is 9.59 Å². The molecule has 7 nitrogen and oxygen atoms in total. The van der Waals surface area contributed by atoms with E-state index in [4.69, 9.17) is 10.5 Å². The van der Waals surface area contributed by atoms with E-state index >= 15 is 0 Å². The molecule has 1 aliphatic heterocycles. The lowest BCUT2D eigenvalue weighted by Gasteiger charge is -2.36. The molecule has 2 aromatic rings. The SMILES string of the molecule is CO[C@@H]1CN(C(=O)c2ccc3[nH]c(=O)[nH]c3c2)CC[C@@H]1N. The van der Waals surface area contributed by atoms with Gasteiger partial charge in [-0.25, -0.2) is 4.79 Å². The summed E-state index contributed by atoms with van der Waals surface area (Å²) < 4.78 is 5.32. The molecule has 1 saturated heterocycles. The molecule has 1 amide bonds. The molecule has 2 heterocycles. The standard InChI is InChI=1S/C14H18N4O3/c1-21-12-7-18(5-4-9(12)15)13(19)8-2-3-10-11(6-8)17-14(20)16-10/h2-3,6,9,12H,4-5,7,15H2,1H3,(H2,16,17,20)/t9-,12+/m0/s1. The number of nitrogens with two attached hydrogens (primary N) is 1. The smallest absolute Gasteiger partial charge is 0.323 e. The Hall–Kier alpha value is -2.12. The fourth-order valence-electron chi connectivity index (χ4n) is 2.72. The van der Waals surface area contributed by atoms with Crippen molar-refractivity contribution in [1.82, 2.24) is 14.9 Å². The molecule has 0 saturated carbocycles. The minimum atomic E-state index is -0.280. The van der Waals surface area contributed by atoms with Crippen LogP contribution >= 0.6 is 0 Å². The molecule has 0 unspecified atom stereocenters. The topological polar surface area (TPSA) is 104 Å². The summed E-state index contributed by atoms with van der Waals surface area (Å²) in [6.45, 7) is 1.10. The van der Waals surface area contributed by atoms with Crippen LogP contribution in [0.5, 0.6) is 0 Å². The van der Waals surface area contributed by atoms with Gasteiger partial charge in [0.15, 0.2) is 0 Å². The second-order valence-electron chi connectivity index (χ2n) is 5.32. The van der Waals surface area contributed by atoms with E-state index in [2.05, 4.69) is 9.97 Å². The van der Waals surface area contributed by atoms with Crippen molar-refractivity contribution >= 4 is 16.9 Å². The third-order valence-electron chi connectivity index (χ3n) is 3.96. The van der Waals surface area contributed by atoms with Crippen LogP contribution in [0.25, 0.3) is 11.0 Å². The molecule has 4 N–H and O–H groups in total. The number of aromatic nitrogens is 2. The second-order valence-corrected chi connectivity index (χ2v) is 5.32. The van der Waals surface area contributed by atoms with Crippen molar-refractivity contribution in [2.45, 2.75) is 18.6 Å². The molecule has 1 fully saturated rings. The molecule has 21 heavy (non-hydrogen) atoms. The molecular weight excluding hydrogens is 272 g/mol. The monoisotopic (exact) mass is 290 g/mol. The summed E-state index contributed by atoms with van der Waals surface area (Å²) in [4.78, 5) is 30.8. The number of nitrogens with one attached hydrogen (secondary N) is 2. The molecule has 7 heteroatoms. The summed E-state index contributed by atoms with van der Waals surface area (Å²) in [7, 11) is 1.61. The Bertz CT molecular complexity index is 720. The van der Waals surface area contributed by atoms with Gasteiger partial charge in [0, 0.05) is 31.8 Å². The molecular formula is C14H18N4O3. The van der Waals surface area contributed by atoms with Crippen molar-refractivity contribution in [3.05, 3.63) is 34.2 Å². The van der Waals surface area contributed by atoms with E-state index in [0.717, 1.165) is 0 Å². The largest absolute Gasteiger partial charge is 0.378 e. The van der Waals surface area contributed by atoms with Gasteiger partial charge >= 0.3 is 5.69 Å². The van der Waals surface area contributed by atoms with Gasteiger partial charge in [-0.2, -0.15) is 0 Å². The first-order chi connectivity index (χ1) is 10.1. The Balaban J connectivity index is 1.84. The van der Waals surface area contributed by atoms with Crippen LogP contribution in [0.2, 0.25) is 0 Å². The lowest BCUT2D eigenvalue weighted by atomic mass is 10.0. The van der Waals surface area contributed by atoms with E-state index in [1.54, 1.807) is 30.2 Å². The van der Waals surface area contributed by atoms with Crippen LogP contribution < -0.4 is 11.4 Å². The van der Waals surface area contributed by atoms with Crippen molar-refractivity contribution < 1.29 is 9.53 Å². The van der Waals surface area contributed by atoms with Crippen molar-refractivity contribution in [2.24, 2.45) is 5.73 Å². The van der Waals surface area contributed by atoms with Crippen LogP contribution in [0.4, 0.5) is 0 Å². The molecule has 0 spiro atoms. The third-order valence-corrected chi connectivity index (χ3v) is 3.96. The highest BCUT2D eigenvalue weighted by molar-refractivity contribution is 5.97. The molecule has 3 rings (SSSR count). The summed E-state index contributed by atoms with van der Waals surface area (Å²) in [6.07, 6.45) is 0.575. The first-order valence-corrected chi connectivity index (χ1v) is 6.88. The number of imidazole rings is 1. The van der Waals surface area contributed by atoms with Crippen LogP contribution in [0.1, 0.15) is 16.8 Å². The molecule has 1 aromatic carbocycles. The zero-order valence-corrected chi connectivity index (χ0v) is 11.8. The van der Waals surface area contributed by atoms with Gasteiger partial charge in [0.25, 0.3) is 5.91 Å². The third kappa shape index (κ3) is 2.57. The average Bonchev–Trinajstić information content (AvgIpc) is 2.86. The number of carbonyl (C=O) groups is 1. The minimum Gasteiger partial charge on any atom is -0.378 e. The van der Waals surface area contributed by atoms with E-state index in [1.165, 1.54) is 0 Å². The Labute approximate surface area is 121 Å². The van der Waals surface area contributed by atoms with Gasteiger partial charge in [-0.05, 0) is 24.6 Å². The summed E-state index contributed by atoms with van der Waals surface area (Å²) >= 11 is 0. The molecule has 1 aromatic heterocycles. The highest BCUT2D eigenvalue weighted by Gasteiger charge is 2.29. The molecule has 0 bridgehead atoms. The van der Waals surface area contributed by atoms with Crippen LogP contribution in [0, 0.1) is 0 Å². The number of carbonyl (C=O) groups excluding carboxylic acids is 1. The van der Waals surface area contributed by atoms with E-state index in [-0.39, 0.29) is 23.7 Å². The van der Waals surface area contributed by atoms with Gasteiger partial charge in [-0.1, -0.05) is 0 Å². The number of benzene rings is 1. The Morgan fingerprint density at radius 2 is 2.14 bits per heavy atom. The number of H-pyrrole nitrogens is 2. The predicted molar refractivity (Wildman–Crippen MR) is 78.2 cm³/mol. The predicted octanol–water partition coefficient (Wildman–Crippen LogP) is 0.0444. The van der Waals surface area contributed by atoms with E-state index in [0.29, 0.717) is 36.1 Å². The number of hydrogen-bond acceptors (Lipinski definition) is 4. The number of amides is 1. The fourth-order valence-corrected chi connectivity index (χ4v) is 2.72. The van der Waals surface area contributed by atoms with E-state index in [1.807, 2.05) is 0 Å². The number of nitrogens with zero attached hydrogens (tertiary/aromatic N) is 1. The number of rotatable bonds is 2. The number of likely N-dealkylation sites (tertiary alicyclic amines) is 1. The normalized spacial score (nSPS) is 22.7. The van der Waals surface area contributed by atoms with Crippen LogP contribution in [-0.2, 0) is 4.74 Å². The maximum absolute atomic E-state index is 12.5. The van der Waals surface area contributed by atoms with Crippen molar-refractivity contribution in [1.29, 1.82) is 0 Å². The Morgan fingerprint density at radius 1 is 1.38 bits per heavy atom. The van der Waals surface area contributed by atoms with Gasteiger partial charge in [0.05, 0.1) is 17.1 Å². The summed E-state index contributed by atoms with van der Waals surface area (Å²) in [5.41, 5.74) is 7.54. The maximum atomic E-state index is 12.5. The van der Waals surface area contributed by atoms with Gasteiger partial charge in [0.1, 0.15) is 0 Å². The fraction of sp³-hybridized carbons (Fsp3) is 0.429. The quantitative estimate of drug-likeness (QED) is 0.726. The van der Waals surface area contributed by atoms with Gasteiger partial charge in [-0.15, -0.1) is 0 Å². The zero-order valence-electron chi connectivity index (χ0n) is 11.8. The first kappa shape index (κ1) is 13.8. The number of piperidine rings is 1. The van der Waals surface area contributed by atoms with Gasteiger partial charge in [0.2, 0.25) is 0 Å². The summed E-state index contributed by atoms with van der Waals surface area (Å²) in [5, 5.41) is 0. The highest BCUT2D eigenvalue weighted by Crippen LogP contribution is 2.17. The Kier molecular flexibility index (Phi) is 3.52. The lowest BCUT2D eigenvalue weighted by Crippen LogP contribution is -2.53. The number of hydrogen-bond donors (Lipinski definition) is 3. The number of methoxy groups -OCH3 is 1. The van der Waals surface area contributed by atoms with Crippen LogP contribution in [-0.4, -0.2) is 53.1 Å². The highest BCUT2D eigenvalue weighted by atomic mass is 16.5. The van der Waals surface area contributed by atoms with Gasteiger partial charge < -0.3 is 25.3 Å². The number of ether oxygens (including phenoxy) is 1. The maximum Gasteiger partial charge on any atom is 0.323 e.